The molecule has 0 spiro atoms. The molecule has 0 aromatic heterocycles. The highest BCUT2D eigenvalue weighted by molar-refractivity contribution is 9.10. The number of aryl methyl sites for hydroxylation is 2. The molecule has 0 aliphatic carbocycles. The summed E-state index contributed by atoms with van der Waals surface area (Å²) in [7, 11) is -3.74. The van der Waals surface area contributed by atoms with Crippen LogP contribution in [0.2, 0.25) is 0 Å². The summed E-state index contributed by atoms with van der Waals surface area (Å²) in [4.78, 5) is 0.111. The van der Waals surface area contributed by atoms with E-state index in [1.807, 2.05) is 19.9 Å². The Balaban J connectivity index is 1.97. The Morgan fingerprint density at radius 3 is 2.30 bits per heavy atom. The van der Waals surface area contributed by atoms with Crippen molar-refractivity contribution in [1.29, 1.82) is 0 Å². The van der Waals surface area contributed by atoms with Gasteiger partial charge in [-0.25, -0.2) is 8.42 Å². The smallest absolute Gasteiger partial charge is 0.263 e. The highest BCUT2D eigenvalue weighted by atomic mass is 79.9. The first-order valence-corrected chi connectivity index (χ1v) is 9.34. The van der Waals surface area contributed by atoms with Crippen LogP contribution in [0.25, 0.3) is 0 Å². The third-order valence-corrected chi connectivity index (χ3v) is 5.99. The van der Waals surface area contributed by atoms with Crippen molar-refractivity contribution in [2.24, 2.45) is 0 Å². The van der Waals surface area contributed by atoms with E-state index in [2.05, 4.69) is 20.7 Å². The van der Waals surface area contributed by atoms with Gasteiger partial charge in [-0.2, -0.15) is 0 Å². The third kappa shape index (κ3) is 3.30. The van der Waals surface area contributed by atoms with Crippen molar-refractivity contribution in [2.75, 3.05) is 17.9 Å². The quantitative estimate of drug-likeness (QED) is 0.858. The first-order chi connectivity index (χ1) is 10.9. The molecular weight excluding hydrogens is 382 g/mol. The third-order valence-electron chi connectivity index (χ3n) is 3.65. The summed E-state index contributed by atoms with van der Waals surface area (Å²) in [6.45, 7) is 4.77. The minimum Gasteiger partial charge on any atom is -0.486 e. The van der Waals surface area contributed by atoms with Gasteiger partial charge >= 0.3 is 0 Å². The molecule has 2 aromatic carbocycles. The van der Waals surface area contributed by atoms with Gasteiger partial charge in [-0.15, -0.1) is 0 Å². The lowest BCUT2D eigenvalue weighted by Gasteiger charge is -2.20. The maximum atomic E-state index is 12.7. The average molecular weight is 398 g/mol. The molecular formula is C16H16BrNO4S. The van der Waals surface area contributed by atoms with Crippen LogP contribution in [-0.4, -0.2) is 21.6 Å². The van der Waals surface area contributed by atoms with E-state index in [9.17, 15) is 8.42 Å². The van der Waals surface area contributed by atoms with Crippen molar-refractivity contribution in [3.05, 3.63) is 45.9 Å². The van der Waals surface area contributed by atoms with Crippen LogP contribution in [-0.2, 0) is 10.0 Å². The minimum atomic E-state index is -3.74. The molecule has 0 saturated heterocycles. The van der Waals surface area contributed by atoms with Crippen LogP contribution in [0, 0.1) is 13.8 Å². The van der Waals surface area contributed by atoms with Gasteiger partial charge < -0.3 is 9.47 Å². The van der Waals surface area contributed by atoms with E-state index in [0.29, 0.717) is 34.9 Å². The molecule has 1 aliphatic heterocycles. The average Bonchev–Trinajstić information content (AvgIpc) is 2.50. The van der Waals surface area contributed by atoms with Gasteiger partial charge in [0.2, 0.25) is 0 Å². The second-order valence-electron chi connectivity index (χ2n) is 5.33. The molecule has 1 aliphatic rings. The lowest BCUT2D eigenvalue weighted by Crippen LogP contribution is -2.18. The Kier molecular flexibility index (Phi) is 4.25. The Hall–Kier alpha value is -1.73. The molecule has 7 heteroatoms. The van der Waals surface area contributed by atoms with Crippen LogP contribution in [0.1, 0.15) is 11.1 Å². The number of halogens is 1. The van der Waals surface area contributed by atoms with E-state index in [1.54, 1.807) is 18.2 Å². The predicted molar refractivity (Wildman–Crippen MR) is 91.9 cm³/mol. The van der Waals surface area contributed by atoms with Gasteiger partial charge in [0.05, 0.1) is 0 Å². The zero-order chi connectivity index (χ0) is 16.6. The molecule has 3 rings (SSSR count). The standard InChI is InChI=1S/C16H16BrNO4S/c1-10-3-4-12(7-11(10)2)18-23(19,20)16-9-15-14(8-13(16)17)21-5-6-22-15/h3-4,7-9,18H,5-6H2,1-2H3. The van der Waals surface area contributed by atoms with Gasteiger partial charge in [-0.3, -0.25) is 4.72 Å². The zero-order valence-corrected chi connectivity index (χ0v) is 15.1. The molecule has 2 aromatic rings. The Morgan fingerprint density at radius 1 is 1.00 bits per heavy atom. The maximum Gasteiger partial charge on any atom is 0.263 e. The SMILES string of the molecule is Cc1ccc(NS(=O)(=O)c2cc3c(cc2Br)OCCO3)cc1C. The molecule has 0 fully saturated rings. The van der Waals surface area contributed by atoms with Gasteiger partial charge in [0.15, 0.2) is 11.5 Å². The first-order valence-electron chi connectivity index (χ1n) is 7.06. The fraction of sp³-hybridized carbons (Fsp3) is 0.250. The molecule has 122 valence electrons. The van der Waals surface area contributed by atoms with E-state index in [0.717, 1.165) is 11.1 Å². The monoisotopic (exact) mass is 397 g/mol. The highest BCUT2D eigenvalue weighted by Crippen LogP contribution is 2.38. The number of benzene rings is 2. The Morgan fingerprint density at radius 2 is 1.65 bits per heavy atom. The molecule has 0 unspecified atom stereocenters. The molecule has 1 N–H and O–H groups in total. The minimum absolute atomic E-state index is 0.111. The number of anilines is 1. The van der Waals surface area contributed by atoms with Crippen LogP contribution in [0.3, 0.4) is 0 Å². The molecule has 0 bridgehead atoms. The number of nitrogens with one attached hydrogen (secondary N) is 1. The first kappa shape index (κ1) is 16.1. The van der Waals surface area contributed by atoms with Crippen LogP contribution >= 0.6 is 15.9 Å². The molecule has 23 heavy (non-hydrogen) atoms. The molecule has 0 saturated carbocycles. The van der Waals surface area contributed by atoms with Crippen molar-refractivity contribution in [2.45, 2.75) is 18.7 Å². The number of rotatable bonds is 3. The van der Waals surface area contributed by atoms with E-state index >= 15 is 0 Å². The molecule has 5 nitrogen and oxygen atoms in total. The lowest BCUT2D eigenvalue weighted by molar-refractivity contribution is 0.171. The van der Waals surface area contributed by atoms with E-state index < -0.39 is 10.0 Å². The molecule has 0 atom stereocenters. The summed E-state index contributed by atoms with van der Waals surface area (Å²) in [6.07, 6.45) is 0. The summed E-state index contributed by atoms with van der Waals surface area (Å²) < 4.78 is 39.3. The Bertz CT molecular complexity index is 865. The van der Waals surface area contributed by atoms with Gasteiger partial charge in [0.1, 0.15) is 18.1 Å². The largest absolute Gasteiger partial charge is 0.486 e. The van der Waals surface area contributed by atoms with Crippen LogP contribution in [0.15, 0.2) is 39.7 Å². The van der Waals surface area contributed by atoms with Gasteiger partial charge in [0.25, 0.3) is 10.0 Å². The molecule has 0 amide bonds. The second-order valence-corrected chi connectivity index (χ2v) is 7.84. The van der Waals surface area contributed by atoms with Crippen LogP contribution in [0.4, 0.5) is 5.69 Å². The Labute approximate surface area is 143 Å². The van der Waals surface area contributed by atoms with Crippen molar-refractivity contribution >= 4 is 31.6 Å². The van der Waals surface area contributed by atoms with Crippen molar-refractivity contribution in [3.8, 4) is 11.5 Å². The molecule has 1 heterocycles. The number of hydrogen-bond donors (Lipinski definition) is 1. The maximum absolute atomic E-state index is 12.7. The fourth-order valence-corrected chi connectivity index (χ4v) is 4.35. The summed E-state index contributed by atoms with van der Waals surface area (Å²) in [6, 6.07) is 8.52. The van der Waals surface area contributed by atoms with Crippen LogP contribution in [0.5, 0.6) is 11.5 Å². The van der Waals surface area contributed by atoms with Crippen molar-refractivity contribution < 1.29 is 17.9 Å². The van der Waals surface area contributed by atoms with Gasteiger partial charge in [-0.1, -0.05) is 6.07 Å². The number of sulfonamides is 1. The summed E-state index contributed by atoms with van der Waals surface area (Å²) in [5.41, 5.74) is 2.65. The number of fused-ring (bicyclic) bond motifs is 1. The van der Waals surface area contributed by atoms with E-state index in [4.69, 9.17) is 9.47 Å². The van der Waals surface area contributed by atoms with Gasteiger partial charge in [0, 0.05) is 16.2 Å². The fourth-order valence-electron chi connectivity index (χ4n) is 2.27. The highest BCUT2D eigenvalue weighted by Gasteiger charge is 2.23. The van der Waals surface area contributed by atoms with E-state index in [1.165, 1.54) is 6.07 Å². The normalized spacial score (nSPS) is 13.7. The van der Waals surface area contributed by atoms with Crippen molar-refractivity contribution in [3.63, 3.8) is 0 Å². The molecule has 0 radical (unpaired) electrons. The second kappa shape index (κ2) is 6.05. The topological polar surface area (TPSA) is 64.6 Å². The van der Waals surface area contributed by atoms with Crippen molar-refractivity contribution in [1.82, 2.24) is 0 Å². The predicted octanol–water partition coefficient (Wildman–Crippen LogP) is 3.64. The summed E-state index contributed by atoms with van der Waals surface area (Å²) >= 11 is 3.30. The number of ether oxygens (including phenoxy) is 2. The zero-order valence-electron chi connectivity index (χ0n) is 12.7. The lowest BCUT2D eigenvalue weighted by atomic mass is 10.1. The number of hydrogen-bond acceptors (Lipinski definition) is 4. The summed E-state index contributed by atoms with van der Waals surface area (Å²) in [5, 5.41) is 0. The summed E-state index contributed by atoms with van der Waals surface area (Å²) in [5.74, 6) is 0.966. The van der Waals surface area contributed by atoms with E-state index in [-0.39, 0.29) is 4.90 Å². The van der Waals surface area contributed by atoms with Gasteiger partial charge in [-0.05, 0) is 59.1 Å². The van der Waals surface area contributed by atoms with Crippen LogP contribution < -0.4 is 14.2 Å².